The lowest BCUT2D eigenvalue weighted by Crippen LogP contribution is -2.50. The van der Waals surface area contributed by atoms with Crippen LogP contribution in [0.15, 0.2) is 42.9 Å². The maximum Gasteiger partial charge on any atom is 0.387 e. The van der Waals surface area contributed by atoms with E-state index in [1.165, 1.54) is 39.8 Å². The molecule has 2 amide bonds. The number of ether oxygens (including phenoxy) is 1. The standard InChI is InChI=1S/C25H26ClF2N9O4/c26-15-2-3-18(41-25(27)28)16(12-15)21-17(31-24(40)20-22(29)33-37-5-1-4-30-23(20)37)13-36(32-21)14-19(39)35-8-6-34(7-9-35)10-11-38/h1-5,12-13,25,38H,6-11,14H2,(H2,29,33)(H,31,40). The van der Waals surface area contributed by atoms with Gasteiger partial charge in [0.05, 0.1) is 12.3 Å². The number of β-amino-alcohol motifs (C(OH)–C–C–N with tert-alkyl or cyclic N) is 1. The van der Waals surface area contributed by atoms with Crippen molar-refractivity contribution in [1.29, 1.82) is 0 Å². The number of benzene rings is 1. The highest BCUT2D eigenvalue weighted by molar-refractivity contribution is 6.31. The minimum Gasteiger partial charge on any atom is -0.434 e. The molecule has 1 aliphatic heterocycles. The van der Waals surface area contributed by atoms with Gasteiger partial charge < -0.3 is 25.8 Å². The van der Waals surface area contributed by atoms with Gasteiger partial charge in [-0.1, -0.05) is 11.6 Å². The van der Waals surface area contributed by atoms with Crippen molar-refractivity contribution >= 4 is 40.6 Å². The molecule has 0 aliphatic carbocycles. The Labute approximate surface area is 237 Å². The van der Waals surface area contributed by atoms with Gasteiger partial charge in [0, 0.05) is 61.9 Å². The first-order valence-corrected chi connectivity index (χ1v) is 12.9. The molecule has 4 aromatic rings. The average Bonchev–Trinajstić information content (AvgIpc) is 3.49. The summed E-state index contributed by atoms with van der Waals surface area (Å²) in [6.07, 6.45) is 4.47. The lowest BCUT2D eigenvalue weighted by molar-refractivity contribution is -0.133. The van der Waals surface area contributed by atoms with E-state index in [-0.39, 0.29) is 63.8 Å². The number of halogens is 3. The Morgan fingerprint density at radius 3 is 2.71 bits per heavy atom. The number of nitrogen functional groups attached to an aromatic ring is 1. The van der Waals surface area contributed by atoms with Crippen molar-refractivity contribution in [2.24, 2.45) is 0 Å². The van der Waals surface area contributed by atoms with E-state index in [4.69, 9.17) is 22.4 Å². The molecule has 5 rings (SSSR count). The van der Waals surface area contributed by atoms with Crippen LogP contribution in [0.25, 0.3) is 16.9 Å². The van der Waals surface area contributed by atoms with E-state index in [1.807, 2.05) is 4.90 Å². The van der Waals surface area contributed by atoms with Gasteiger partial charge in [0.25, 0.3) is 5.91 Å². The highest BCUT2D eigenvalue weighted by Gasteiger charge is 2.26. The number of amides is 2. The quantitative estimate of drug-likeness (QED) is 0.265. The lowest BCUT2D eigenvalue weighted by atomic mass is 10.1. The Hall–Kier alpha value is -4.34. The molecule has 1 fully saturated rings. The minimum absolute atomic E-state index is 0.00345. The Balaban J connectivity index is 1.47. The Bertz CT molecular complexity index is 1570. The molecule has 0 radical (unpaired) electrons. The van der Waals surface area contributed by atoms with E-state index in [0.717, 1.165) is 0 Å². The van der Waals surface area contributed by atoms with Crippen molar-refractivity contribution in [1.82, 2.24) is 34.2 Å². The third kappa shape index (κ3) is 6.21. The molecule has 3 aromatic heterocycles. The third-order valence-electron chi connectivity index (χ3n) is 6.51. The number of rotatable bonds is 9. The number of piperazine rings is 1. The summed E-state index contributed by atoms with van der Waals surface area (Å²) in [5.74, 6) is -1.21. The summed E-state index contributed by atoms with van der Waals surface area (Å²) in [6.45, 7) is -0.580. The van der Waals surface area contributed by atoms with E-state index in [0.29, 0.717) is 32.7 Å². The van der Waals surface area contributed by atoms with E-state index < -0.39 is 12.5 Å². The molecule has 13 nitrogen and oxygen atoms in total. The number of hydrogen-bond donors (Lipinski definition) is 3. The second-order valence-corrected chi connectivity index (χ2v) is 9.59. The number of anilines is 2. The summed E-state index contributed by atoms with van der Waals surface area (Å²) in [6, 6.07) is 5.63. The normalized spacial score (nSPS) is 14.1. The van der Waals surface area contributed by atoms with Gasteiger partial charge in [0.15, 0.2) is 11.5 Å². The van der Waals surface area contributed by atoms with Crippen LogP contribution in [0.3, 0.4) is 0 Å². The number of alkyl halides is 2. The molecule has 0 atom stereocenters. The number of hydrogen-bond acceptors (Lipinski definition) is 9. The number of carbonyl (C=O) groups is 2. The first-order chi connectivity index (χ1) is 19.7. The van der Waals surface area contributed by atoms with Crippen molar-refractivity contribution in [3.8, 4) is 17.0 Å². The summed E-state index contributed by atoms with van der Waals surface area (Å²) in [5.41, 5.74) is 6.40. The largest absolute Gasteiger partial charge is 0.434 e. The zero-order valence-corrected chi connectivity index (χ0v) is 22.3. The zero-order valence-electron chi connectivity index (χ0n) is 21.6. The van der Waals surface area contributed by atoms with Crippen molar-refractivity contribution in [2.75, 3.05) is 50.4 Å². The molecule has 4 heterocycles. The van der Waals surface area contributed by atoms with Crippen LogP contribution < -0.4 is 15.8 Å². The molecular formula is C25H26ClF2N9O4. The van der Waals surface area contributed by atoms with Gasteiger partial charge in [-0.2, -0.15) is 13.9 Å². The van der Waals surface area contributed by atoms with Crippen LogP contribution in [0.1, 0.15) is 10.4 Å². The van der Waals surface area contributed by atoms with Gasteiger partial charge in [-0.15, -0.1) is 5.10 Å². The molecule has 216 valence electrons. The summed E-state index contributed by atoms with van der Waals surface area (Å²) < 4.78 is 33.8. The van der Waals surface area contributed by atoms with Gasteiger partial charge in [-0.3, -0.25) is 19.2 Å². The van der Waals surface area contributed by atoms with Gasteiger partial charge in [0.1, 0.15) is 23.6 Å². The molecule has 1 aromatic carbocycles. The smallest absolute Gasteiger partial charge is 0.387 e. The van der Waals surface area contributed by atoms with Gasteiger partial charge in [-0.05, 0) is 24.3 Å². The van der Waals surface area contributed by atoms with Gasteiger partial charge >= 0.3 is 6.61 Å². The van der Waals surface area contributed by atoms with Gasteiger partial charge in [0.2, 0.25) is 5.91 Å². The van der Waals surface area contributed by atoms with E-state index in [9.17, 15) is 18.4 Å². The molecule has 1 saturated heterocycles. The number of nitrogens with one attached hydrogen (secondary N) is 1. The summed E-state index contributed by atoms with van der Waals surface area (Å²) in [7, 11) is 0. The number of nitrogens with two attached hydrogens (primary N) is 1. The second-order valence-electron chi connectivity index (χ2n) is 9.16. The predicted molar refractivity (Wildman–Crippen MR) is 145 cm³/mol. The monoisotopic (exact) mass is 589 g/mol. The van der Waals surface area contributed by atoms with E-state index in [1.54, 1.807) is 17.2 Å². The lowest BCUT2D eigenvalue weighted by Gasteiger charge is -2.34. The molecule has 1 aliphatic rings. The maximum absolute atomic E-state index is 13.4. The average molecular weight is 590 g/mol. The zero-order chi connectivity index (χ0) is 29.1. The van der Waals surface area contributed by atoms with Crippen LogP contribution >= 0.6 is 11.6 Å². The van der Waals surface area contributed by atoms with E-state index >= 15 is 0 Å². The van der Waals surface area contributed by atoms with Crippen LogP contribution in [0, 0.1) is 0 Å². The van der Waals surface area contributed by atoms with Crippen LogP contribution in [0.4, 0.5) is 20.3 Å². The van der Waals surface area contributed by atoms with Crippen molar-refractivity contribution in [2.45, 2.75) is 13.2 Å². The SMILES string of the molecule is Nc1nn2cccnc2c1C(=O)Nc1cn(CC(=O)N2CCN(CCO)CC2)nc1-c1cc(Cl)ccc1OC(F)F. The molecular weight excluding hydrogens is 564 g/mol. The number of nitrogens with zero attached hydrogens (tertiary/aromatic N) is 7. The topological polar surface area (TPSA) is 156 Å². The van der Waals surface area contributed by atoms with Gasteiger partial charge in [-0.25, -0.2) is 9.50 Å². The molecule has 16 heteroatoms. The number of aromatic nitrogens is 5. The Morgan fingerprint density at radius 1 is 1.20 bits per heavy atom. The number of aliphatic hydroxyl groups is 1. The first kappa shape index (κ1) is 28.2. The van der Waals surface area contributed by atoms with Crippen molar-refractivity contribution in [3.63, 3.8) is 0 Å². The minimum atomic E-state index is -3.13. The van der Waals surface area contributed by atoms with Crippen molar-refractivity contribution in [3.05, 3.63) is 53.4 Å². The summed E-state index contributed by atoms with van der Waals surface area (Å²) in [4.78, 5) is 34.4. The van der Waals surface area contributed by atoms with Crippen LogP contribution in [0.5, 0.6) is 5.75 Å². The molecule has 41 heavy (non-hydrogen) atoms. The molecule has 0 unspecified atom stereocenters. The maximum atomic E-state index is 13.4. The van der Waals surface area contributed by atoms with E-state index in [2.05, 4.69) is 25.2 Å². The number of aliphatic hydroxyl groups excluding tert-OH is 1. The summed E-state index contributed by atoms with van der Waals surface area (Å²) >= 11 is 6.17. The first-order valence-electron chi connectivity index (χ1n) is 12.6. The number of fused-ring (bicyclic) bond motifs is 1. The fourth-order valence-corrected chi connectivity index (χ4v) is 4.76. The predicted octanol–water partition coefficient (Wildman–Crippen LogP) is 1.82. The van der Waals surface area contributed by atoms with Crippen LogP contribution in [-0.2, 0) is 11.3 Å². The van der Waals surface area contributed by atoms with Crippen LogP contribution in [-0.4, -0.2) is 97.0 Å². The fraction of sp³-hybridized carbons (Fsp3) is 0.320. The molecule has 0 spiro atoms. The van der Waals surface area contributed by atoms with Crippen LogP contribution in [0.2, 0.25) is 5.02 Å². The third-order valence-corrected chi connectivity index (χ3v) is 6.75. The highest BCUT2D eigenvalue weighted by Crippen LogP contribution is 2.37. The fourth-order valence-electron chi connectivity index (χ4n) is 4.59. The Kier molecular flexibility index (Phi) is 8.28. The summed E-state index contributed by atoms with van der Waals surface area (Å²) in [5, 5.41) is 20.6. The second kappa shape index (κ2) is 12.0. The Morgan fingerprint density at radius 2 is 1.98 bits per heavy atom. The number of carbonyl (C=O) groups excluding carboxylic acids is 2. The molecule has 4 N–H and O–H groups in total. The molecule has 0 bridgehead atoms. The van der Waals surface area contributed by atoms with Crippen molar-refractivity contribution < 1.29 is 28.2 Å². The highest BCUT2D eigenvalue weighted by atomic mass is 35.5. The molecule has 0 saturated carbocycles.